The van der Waals surface area contributed by atoms with Crippen LogP contribution in [0.1, 0.15) is 54.9 Å². The molecule has 0 bridgehead atoms. The van der Waals surface area contributed by atoms with Crippen molar-refractivity contribution in [3.63, 3.8) is 0 Å². The lowest BCUT2D eigenvalue weighted by Gasteiger charge is -2.35. The molecule has 0 aliphatic heterocycles. The summed E-state index contributed by atoms with van der Waals surface area (Å²) < 4.78 is 0. The molecule has 16 heavy (non-hydrogen) atoms. The molecular weight excluding hydrogens is 222 g/mol. The van der Waals surface area contributed by atoms with Crippen LogP contribution in [0.3, 0.4) is 0 Å². The van der Waals surface area contributed by atoms with E-state index in [0.29, 0.717) is 5.88 Å². The first kappa shape index (κ1) is 15.8. The van der Waals surface area contributed by atoms with Crippen molar-refractivity contribution in [1.82, 2.24) is 5.32 Å². The van der Waals surface area contributed by atoms with Crippen LogP contribution in [0.25, 0.3) is 0 Å². The minimum Gasteiger partial charge on any atom is -0.351 e. The molecule has 0 heterocycles. The molecule has 1 amide bonds. The largest absolute Gasteiger partial charge is 0.351 e. The fourth-order valence-electron chi connectivity index (χ4n) is 1.91. The van der Waals surface area contributed by atoms with Crippen molar-refractivity contribution >= 4 is 17.5 Å². The Balaban J connectivity index is 4.55. The number of hydrogen-bond acceptors (Lipinski definition) is 1. The Hall–Kier alpha value is -0.240. The van der Waals surface area contributed by atoms with E-state index in [0.717, 1.165) is 6.42 Å². The van der Waals surface area contributed by atoms with Gasteiger partial charge in [-0.25, -0.2) is 0 Å². The van der Waals surface area contributed by atoms with Crippen LogP contribution in [0.2, 0.25) is 0 Å². The van der Waals surface area contributed by atoms with E-state index in [-0.39, 0.29) is 16.9 Å². The average Bonchev–Trinajstić information content (AvgIpc) is 1.98. The molecule has 0 rings (SSSR count). The van der Waals surface area contributed by atoms with E-state index in [4.69, 9.17) is 11.6 Å². The highest BCUT2D eigenvalue weighted by Crippen LogP contribution is 2.28. The highest BCUT2D eigenvalue weighted by molar-refractivity contribution is 6.19. The third-order valence-electron chi connectivity index (χ3n) is 2.37. The van der Waals surface area contributed by atoms with Crippen LogP contribution >= 0.6 is 11.6 Å². The second kappa shape index (κ2) is 4.95. The predicted molar refractivity (Wildman–Crippen MR) is 70.8 cm³/mol. The van der Waals surface area contributed by atoms with Crippen molar-refractivity contribution in [2.75, 3.05) is 5.88 Å². The van der Waals surface area contributed by atoms with Gasteiger partial charge in [-0.05, 0) is 39.5 Å². The van der Waals surface area contributed by atoms with Crippen LogP contribution in [0.4, 0.5) is 0 Å². The van der Waals surface area contributed by atoms with Crippen molar-refractivity contribution in [2.45, 2.75) is 60.4 Å². The van der Waals surface area contributed by atoms with Gasteiger partial charge in [0.1, 0.15) is 0 Å². The van der Waals surface area contributed by atoms with Crippen LogP contribution in [-0.2, 0) is 4.79 Å². The molecule has 3 heteroatoms. The van der Waals surface area contributed by atoms with Crippen LogP contribution < -0.4 is 5.32 Å². The van der Waals surface area contributed by atoms with Gasteiger partial charge in [-0.2, -0.15) is 0 Å². The first-order valence-electron chi connectivity index (χ1n) is 5.78. The quantitative estimate of drug-likeness (QED) is 0.756. The molecule has 0 aromatic rings. The van der Waals surface area contributed by atoms with Gasteiger partial charge in [0.25, 0.3) is 0 Å². The summed E-state index contributed by atoms with van der Waals surface area (Å²) in [6, 6.07) is 0. The number of carbonyl (C=O) groups excluding carboxylic acids is 1. The third-order valence-corrected chi connectivity index (χ3v) is 3.04. The van der Waals surface area contributed by atoms with Crippen molar-refractivity contribution < 1.29 is 4.79 Å². The van der Waals surface area contributed by atoms with Crippen molar-refractivity contribution in [1.29, 1.82) is 0 Å². The van der Waals surface area contributed by atoms with E-state index >= 15 is 0 Å². The molecule has 0 spiro atoms. The molecule has 0 aromatic heterocycles. The molecule has 0 saturated heterocycles. The van der Waals surface area contributed by atoms with E-state index in [1.807, 2.05) is 13.8 Å². The van der Waals surface area contributed by atoms with E-state index < -0.39 is 5.41 Å². The highest BCUT2D eigenvalue weighted by Gasteiger charge is 2.33. The number of nitrogens with one attached hydrogen (secondary N) is 1. The molecule has 0 radical (unpaired) electrons. The predicted octanol–water partition coefficient (Wildman–Crippen LogP) is 3.58. The number of halogens is 1. The zero-order valence-corrected chi connectivity index (χ0v) is 12.5. The standard InChI is InChI=1S/C13H26ClNO/c1-11(2,3)8-13(6,7)15-10(16)12(4,5)9-14/h8-9H2,1-7H3,(H,15,16). The summed E-state index contributed by atoms with van der Waals surface area (Å²) in [5.74, 6) is 0.362. The Bertz CT molecular complexity index is 251. The zero-order valence-electron chi connectivity index (χ0n) is 11.7. The van der Waals surface area contributed by atoms with Gasteiger partial charge in [0.15, 0.2) is 0 Å². The van der Waals surface area contributed by atoms with Gasteiger partial charge in [-0.15, -0.1) is 11.6 Å². The fraction of sp³-hybridized carbons (Fsp3) is 0.923. The number of rotatable bonds is 4. The maximum atomic E-state index is 12.0. The monoisotopic (exact) mass is 247 g/mol. The van der Waals surface area contributed by atoms with Gasteiger partial charge < -0.3 is 5.32 Å². The summed E-state index contributed by atoms with van der Waals surface area (Å²) in [6.45, 7) is 14.4. The Morgan fingerprint density at radius 2 is 1.50 bits per heavy atom. The normalized spacial score (nSPS) is 13.8. The molecular formula is C13H26ClNO. The second-order valence-electron chi connectivity index (χ2n) is 7.09. The van der Waals surface area contributed by atoms with Gasteiger partial charge in [-0.3, -0.25) is 4.79 Å². The second-order valence-corrected chi connectivity index (χ2v) is 7.36. The van der Waals surface area contributed by atoms with E-state index in [9.17, 15) is 4.79 Å². The minimum absolute atomic E-state index is 0.0248. The average molecular weight is 248 g/mol. The molecule has 0 saturated carbocycles. The van der Waals surface area contributed by atoms with Gasteiger partial charge >= 0.3 is 0 Å². The Morgan fingerprint density at radius 3 is 1.81 bits per heavy atom. The molecule has 0 atom stereocenters. The maximum absolute atomic E-state index is 12.0. The first-order chi connectivity index (χ1) is 6.90. The Labute approximate surface area is 105 Å². The smallest absolute Gasteiger partial charge is 0.227 e. The molecule has 0 unspecified atom stereocenters. The van der Waals surface area contributed by atoms with Crippen LogP contribution in [0, 0.1) is 10.8 Å². The summed E-state index contributed by atoms with van der Waals surface area (Å²) in [5, 5.41) is 3.08. The molecule has 0 fully saturated rings. The van der Waals surface area contributed by atoms with Gasteiger partial charge in [-0.1, -0.05) is 20.8 Å². The lowest BCUT2D eigenvalue weighted by atomic mass is 9.81. The summed E-state index contributed by atoms with van der Waals surface area (Å²) in [5.41, 5.74) is -0.503. The van der Waals surface area contributed by atoms with E-state index in [1.165, 1.54) is 0 Å². The molecule has 0 aromatic carbocycles. The van der Waals surface area contributed by atoms with Gasteiger partial charge in [0.05, 0.1) is 5.41 Å². The molecule has 1 N–H and O–H groups in total. The van der Waals surface area contributed by atoms with Gasteiger partial charge in [0.2, 0.25) is 5.91 Å². The lowest BCUT2D eigenvalue weighted by molar-refractivity contribution is -0.130. The fourth-order valence-corrected chi connectivity index (χ4v) is 2.03. The lowest BCUT2D eigenvalue weighted by Crippen LogP contribution is -2.51. The minimum atomic E-state index is -0.503. The summed E-state index contributed by atoms with van der Waals surface area (Å²) in [6.07, 6.45) is 0.935. The van der Waals surface area contributed by atoms with Gasteiger partial charge in [0, 0.05) is 11.4 Å². The molecule has 96 valence electrons. The van der Waals surface area contributed by atoms with E-state index in [1.54, 1.807) is 0 Å². The summed E-state index contributed by atoms with van der Waals surface area (Å²) in [7, 11) is 0. The number of hydrogen-bond donors (Lipinski definition) is 1. The van der Waals surface area contributed by atoms with Crippen LogP contribution in [0.5, 0.6) is 0 Å². The third kappa shape index (κ3) is 5.74. The number of alkyl halides is 1. The van der Waals surface area contributed by atoms with Crippen molar-refractivity contribution in [2.24, 2.45) is 10.8 Å². The maximum Gasteiger partial charge on any atom is 0.227 e. The highest BCUT2D eigenvalue weighted by atomic mass is 35.5. The Morgan fingerprint density at radius 1 is 1.06 bits per heavy atom. The molecule has 0 aliphatic rings. The van der Waals surface area contributed by atoms with Crippen molar-refractivity contribution in [3.8, 4) is 0 Å². The van der Waals surface area contributed by atoms with E-state index in [2.05, 4.69) is 39.9 Å². The summed E-state index contributed by atoms with van der Waals surface area (Å²) in [4.78, 5) is 12.0. The van der Waals surface area contributed by atoms with Crippen molar-refractivity contribution in [3.05, 3.63) is 0 Å². The molecule has 0 aliphatic carbocycles. The zero-order chi connectivity index (χ0) is 13.2. The Kier molecular flexibility index (Phi) is 4.88. The molecule has 2 nitrogen and oxygen atoms in total. The summed E-state index contributed by atoms with van der Waals surface area (Å²) >= 11 is 5.79. The topological polar surface area (TPSA) is 29.1 Å². The SMILES string of the molecule is CC(C)(C)CC(C)(C)NC(=O)C(C)(C)CCl. The first-order valence-corrected chi connectivity index (χ1v) is 6.32. The number of amides is 1. The van der Waals surface area contributed by atoms with Crippen LogP contribution in [0.15, 0.2) is 0 Å². The van der Waals surface area contributed by atoms with Crippen LogP contribution in [-0.4, -0.2) is 17.3 Å². The number of carbonyl (C=O) groups is 1.